The van der Waals surface area contributed by atoms with Crippen molar-refractivity contribution >= 4 is 9.84 Å². The molecule has 1 aliphatic heterocycles. The molecular weight excluding hydrogens is 256 g/mol. The summed E-state index contributed by atoms with van der Waals surface area (Å²) in [5.41, 5.74) is 0. The summed E-state index contributed by atoms with van der Waals surface area (Å²) in [4.78, 5) is 0. The third-order valence-corrected chi connectivity index (χ3v) is 3.34. The van der Waals surface area contributed by atoms with Gasteiger partial charge < -0.3 is 9.47 Å². The highest BCUT2D eigenvalue weighted by Crippen LogP contribution is 2.46. The Morgan fingerprint density at radius 3 is 2.39 bits per heavy atom. The number of hydrogen-bond donors (Lipinski definition) is 0. The number of hydrogen-bond acceptors (Lipinski definition) is 6. The molecule has 3 rings (SSSR count). The fraction of sp³-hybridized carbons (Fsp3) is 0.0909. The summed E-state index contributed by atoms with van der Waals surface area (Å²) in [6, 6.07) is 6.96. The molecule has 0 aliphatic carbocycles. The van der Waals surface area contributed by atoms with E-state index in [1.54, 1.807) is 24.3 Å². The molecule has 92 valence electrons. The van der Waals surface area contributed by atoms with Crippen molar-refractivity contribution in [2.24, 2.45) is 0 Å². The molecule has 1 aromatic heterocycles. The third kappa shape index (κ3) is 1.68. The maximum Gasteiger partial charge on any atom is 0.223 e. The average molecular weight is 264 g/mol. The van der Waals surface area contributed by atoms with E-state index in [0.29, 0.717) is 11.5 Å². The van der Waals surface area contributed by atoms with E-state index in [1.165, 1.54) is 6.20 Å². The molecule has 18 heavy (non-hydrogen) atoms. The van der Waals surface area contributed by atoms with Crippen LogP contribution in [0, 0.1) is 0 Å². The summed E-state index contributed by atoms with van der Waals surface area (Å²) in [7, 11) is -3.53. The molecule has 0 radical (unpaired) electrons. The number of nitrogens with zero attached hydrogens (tertiary/aromatic N) is 2. The second kappa shape index (κ2) is 3.67. The molecule has 0 N–H and O–H groups in total. The number of ether oxygens (including phenoxy) is 2. The second-order valence-electron chi connectivity index (χ2n) is 3.77. The van der Waals surface area contributed by atoms with Crippen molar-refractivity contribution in [3.8, 4) is 23.0 Å². The Morgan fingerprint density at radius 2 is 1.72 bits per heavy atom. The first-order chi connectivity index (χ1) is 8.55. The van der Waals surface area contributed by atoms with E-state index in [-0.39, 0.29) is 16.5 Å². The average Bonchev–Trinajstić information content (AvgIpc) is 2.34. The maximum absolute atomic E-state index is 11.6. The van der Waals surface area contributed by atoms with Gasteiger partial charge in [-0.25, -0.2) is 8.42 Å². The van der Waals surface area contributed by atoms with Crippen molar-refractivity contribution in [2.75, 3.05) is 6.26 Å². The van der Waals surface area contributed by atoms with Crippen LogP contribution in [0.15, 0.2) is 35.5 Å². The highest BCUT2D eigenvalue weighted by molar-refractivity contribution is 7.90. The second-order valence-corrected chi connectivity index (χ2v) is 5.70. The van der Waals surface area contributed by atoms with Crippen molar-refractivity contribution in [1.82, 2.24) is 10.2 Å². The lowest BCUT2D eigenvalue weighted by Gasteiger charge is -2.20. The first-order valence-electron chi connectivity index (χ1n) is 5.06. The highest BCUT2D eigenvalue weighted by atomic mass is 32.2. The van der Waals surface area contributed by atoms with Crippen LogP contribution in [0.25, 0.3) is 0 Å². The zero-order chi connectivity index (χ0) is 12.8. The monoisotopic (exact) mass is 264 g/mol. The Kier molecular flexibility index (Phi) is 2.24. The van der Waals surface area contributed by atoms with Gasteiger partial charge in [-0.3, -0.25) is 0 Å². The number of benzene rings is 1. The molecule has 6 nitrogen and oxygen atoms in total. The van der Waals surface area contributed by atoms with E-state index >= 15 is 0 Å². The van der Waals surface area contributed by atoms with E-state index in [9.17, 15) is 8.42 Å². The van der Waals surface area contributed by atoms with Crippen molar-refractivity contribution in [2.45, 2.75) is 5.03 Å². The minimum absolute atomic E-state index is 0.0752. The van der Waals surface area contributed by atoms with Crippen LogP contribution in [-0.4, -0.2) is 24.9 Å². The molecule has 2 aromatic rings. The zero-order valence-corrected chi connectivity index (χ0v) is 10.1. The van der Waals surface area contributed by atoms with Crippen LogP contribution in [0.5, 0.6) is 23.0 Å². The minimum Gasteiger partial charge on any atom is -0.448 e. The Bertz CT molecular complexity index is 728. The SMILES string of the molecule is CS(=O)(=O)c1nncc2c1Oc1ccccc1O2. The summed E-state index contributed by atoms with van der Waals surface area (Å²) < 4.78 is 34.2. The molecule has 1 aliphatic rings. The molecule has 0 amide bonds. The molecule has 1 aromatic carbocycles. The fourth-order valence-electron chi connectivity index (χ4n) is 1.60. The molecular formula is C11H8N2O4S. The predicted octanol–water partition coefficient (Wildman–Crippen LogP) is 1.78. The summed E-state index contributed by atoms with van der Waals surface area (Å²) in [5.74, 6) is 1.27. The van der Waals surface area contributed by atoms with Gasteiger partial charge in [0.15, 0.2) is 27.1 Å². The normalized spacial score (nSPS) is 12.9. The number of sulfone groups is 1. The van der Waals surface area contributed by atoms with Crippen LogP contribution < -0.4 is 9.47 Å². The van der Waals surface area contributed by atoms with Gasteiger partial charge in [0.05, 0.1) is 6.20 Å². The van der Waals surface area contributed by atoms with Gasteiger partial charge >= 0.3 is 0 Å². The van der Waals surface area contributed by atoms with Crippen molar-refractivity contribution in [1.29, 1.82) is 0 Å². The van der Waals surface area contributed by atoms with Gasteiger partial charge in [0.1, 0.15) is 0 Å². The van der Waals surface area contributed by atoms with E-state index in [2.05, 4.69) is 10.2 Å². The van der Waals surface area contributed by atoms with E-state index in [0.717, 1.165) is 6.26 Å². The van der Waals surface area contributed by atoms with Gasteiger partial charge in [0.25, 0.3) is 0 Å². The summed E-state index contributed by atoms with van der Waals surface area (Å²) in [6.45, 7) is 0. The minimum atomic E-state index is -3.53. The van der Waals surface area contributed by atoms with Crippen LogP contribution in [0.4, 0.5) is 0 Å². The zero-order valence-electron chi connectivity index (χ0n) is 9.32. The van der Waals surface area contributed by atoms with Crippen LogP contribution in [0.1, 0.15) is 0 Å². The molecule has 0 spiro atoms. The number of fused-ring (bicyclic) bond motifs is 2. The molecule has 0 unspecified atom stereocenters. The summed E-state index contributed by atoms with van der Waals surface area (Å²) in [6.07, 6.45) is 2.36. The number of aromatic nitrogens is 2. The lowest BCUT2D eigenvalue weighted by Crippen LogP contribution is -2.08. The van der Waals surface area contributed by atoms with Crippen molar-refractivity contribution in [3.63, 3.8) is 0 Å². The standard InChI is InChI=1S/C11H8N2O4S/c1-18(14,15)11-10-9(6-12-13-11)16-7-4-2-3-5-8(7)17-10/h2-6H,1H3. The first-order valence-corrected chi connectivity index (χ1v) is 6.95. The molecule has 7 heteroatoms. The largest absolute Gasteiger partial charge is 0.448 e. The predicted molar refractivity (Wildman–Crippen MR) is 61.7 cm³/mol. The Morgan fingerprint density at radius 1 is 1.06 bits per heavy atom. The quantitative estimate of drug-likeness (QED) is 0.666. The van der Waals surface area contributed by atoms with Crippen molar-refractivity contribution in [3.05, 3.63) is 30.5 Å². The number of rotatable bonds is 1. The summed E-state index contributed by atoms with van der Waals surface area (Å²) >= 11 is 0. The van der Waals surface area contributed by atoms with Crippen LogP contribution in [-0.2, 0) is 9.84 Å². The smallest absolute Gasteiger partial charge is 0.223 e. The maximum atomic E-state index is 11.6. The Labute approximate surface area is 103 Å². The van der Waals surface area contributed by atoms with Crippen LogP contribution >= 0.6 is 0 Å². The van der Waals surface area contributed by atoms with Gasteiger partial charge in [0.2, 0.25) is 10.8 Å². The van der Waals surface area contributed by atoms with Gasteiger partial charge in [-0.2, -0.15) is 5.10 Å². The molecule has 0 saturated carbocycles. The molecule has 0 fully saturated rings. The van der Waals surface area contributed by atoms with Crippen LogP contribution in [0.2, 0.25) is 0 Å². The van der Waals surface area contributed by atoms with E-state index < -0.39 is 9.84 Å². The third-order valence-electron chi connectivity index (χ3n) is 2.37. The van der Waals surface area contributed by atoms with Gasteiger partial charge in [-0.1, -0.05) is 12.1 Å². The Balaban J connectivity index is 2.20. The Hall–Kier alpha value is -2.15. The fourth-order valence-corrected chi connectivity index (χ4v) is 2.27. The van der Waals surface area contributed by atoms with E-state index in [4.69, 9.17) is 9.47 Å². The highest BCUT2D eigenvalue weighted by Gasteiger charge is 2.27. The van der Waals surface area contributed by atoms with Crippen molar-refractivity contribution < 1.29 is 17.9 Å². The lowest BCUT2D eigenvalue weighted by atomic mass is 10.3. The van der Waals surface area contributed by atoms with Gasteiger partial charge in [-0.05, 0) is 12.1 Å². The number of para-hydroxylation sites is 2. The summed E-state index contributed by atoms with van der Waals surface area (Å²) in [5, 5.41) is 6.97. The molecule has 2 heterocycles. The van der Waals surface area contributed by atoms with E-state index in [1.807, 2.05) is 0 Å². The lowest BCUT2D eigenvalue weighted by molar-refractivity contribution is 0.344. The molecule has 0 saturated heterocycles. The van der Waals surface area contributed by atoms with Gasteiger partial charge in [-0.15, -0.1) is 5.10 Å². The van der Waals surface area contributed by atoms with Gasteiger partial charge in [0, 0.05) is 6.26 Å². The molecule has 0 atom stereocenters. The first kappa shape index (κ1) is 11.0. The van der Waals surface area contributed by atoms with Crippen LogP contribution in [0.3, 0.4) is 0 Å². The molecule has 0 bridgehead atoms. The topological polar surface area (TPSA) is 78.4 Å².